The average Bonchev–Trinajstić information content (AvgIpc) is 2.52. The highest BCUT2D eigenvalue weighted by Crippen LogP contribution is 2.12. The van der Waals surface area contributed by atoms with Crippen LogP contribution < -0.4 is 5.73 Å². The molecule has 6 heteroatoms. The SMILES string of the molecule is CN(CC(N)Cc1cc(F)cc(F)c1)C(=O)c1ccccc1C=O. The lowest BCUT2D eigenvalue weighted by molar-refractivity contribution is 0.0783. The second-order valence-electron chi connectivity index (χ2n) is 5.63. The molecule has 0 saturated carbocycles. The standard InChI is InChI=1S/C18H18F2N2O2/c1-22(18(24)17-5-3-2-4-13(17)11-23)10-16(21)8-12-6-14(19)9-15(20)7-12/h2-7,9,11,16H,8,10,21H2,1H3. The number of benzene rings is 2. The van der Waals surface area contributed by atoms with Crippen LogP contribution in [-0.2, 0) is 6.42 Å². The minimum atomic E-state index is -0.665. The molecule has 0 bridgehead atoms. The maximum atomic E-state index is 13.2. The first kappa shape index (κ1) is 17.7. The molecule has 1 unspecified atom stereocenters. The lowest BCUT2D eigenvalue weighted by Crippen LogP contribution is -2.40. The first-order chi connectivity index (χ1) is 11.4. The summed E-state index contributed by atoms with van der Waals surface area (Å²) in [6.45, 7) is 0.185. The number of nitrogens with two attached hydrogens (primary N) is 1. The maximum Gasteiger partial charge on any atom is 0.254 e. The van der Waals surface area contributed by atoms with E-state index in [9.17, 15) is 18.4 Å². The Morgan fingerprint density at radius 1 is 1.21 bits per heavy atom. The van der Waals surface area contributed by atoms with Gasteiger partial charge in [0.15, 0.2) is 6.29 Å². The van der Waals surface area contributed by atoms with E-state index in [4.69, 9.17) is 5.73 Å². The highest BCUT2D eigenvalue weighted by atomic mass is 19.1. The van der Waals surface area contributed by atoms with Crippen molar-refractivity contribution in [3.8, 4) is 0 Å². The van der Waals surface area contributed by atoms with Gasteiger partial charge in [-0.15, -0.1) is 0 Å². The topological polar surface area (TPSA) is 63.4 Å². The van der Waals surface area contributed by atoms with Crippen molar-refractivity contribution in [1.29, 1.82) is 0 Å². The number of carbonyl (C=O) groups is 2. The average molecular weight is 332 g/mol. The van der Waals surface area contributed by atoms with Gasteiger partial charge in [-0.05, 0) is 30.2 Å². The Kier molecular flexibility index (Phi) is 5.76. The summed E-state index contributed by atoms with van der Waals surface area (Å²) in [4.78, 5) is 24.8. The first-order valence-corrected chi connectivity index (χ1v) is 7.41. The molecule has 1 amide bonds. The summed E-state index contributed by atoms with van der Waals surface area (Å²) in [5.41, 5.74) is 7.00. The van der Waals surface area contributed by atoms with E-state index in [1.165, 1.54) is 17.0 Å². The molecule has 4 nitrogen and oxygen atoms in total. The fourth-order valence-electron chi connectivity index (χ4n) is 2.53. The van der Waals surface area contributed by atoms with Crippen molar-refractivity contribution in [2.45, 2.75) is 12.5 Å². The summed E-state index contributed by atoms with van der Waals surface area (Å²) < 4.78 is 26.4. The Hall–Kier alpha value is -2.60. The fourth-order valence-corrected chi connectivity index (χ4v) is 2.53. The first-order valence-electron chi connectivity index (χ1n) is 7.41. The van der Waals surface area contributed by atoms with E-state index in [1.54, 1.807) is 31.3 Å². The van der Waals surface area contributed by atoms with E-state index in [0.29, 0.717) is 23.0 Å². The van der Waals surface area contributed by atoms with Crippen molar-refractivity contribution >= 4 is 12.2 Å². The van der Waals surface area contributed by atoms with Gasteiger partial charge < -0.3 is 10.6 Å². The van der Waals surface area contributed by atoms with Gasteiger partial charge in [0.1, 0.15) is 11.6 Å². The molecule has 2 aromatic rings. The van der Waals surface area contributed by atoms with E-state index < -0.39 is 17.7 Å². The normalized spacial score (nSPS) is 11.8. The summed E-state index contributed by atoms with van der Waals surface area (Å²) in [7, 11) is 1.57. The van der Waals surface area contributed by atoms with E-state index in [2.05, 4.69) is 0 Å². The van der Waals surface area contributed by atoms with Crippen molar-refractivity contribution in [3.63, 3.8) is 0 Å². The van der Waals surface area contributed by atoms with Crippen LogP contribution in [0.4, 0.5) is 8.78 Å². The van der Waals surface area contributed by atoms with Crippen LogP contribution >= 0.6 is 0 Å². The molecule has 0 radical (unpaired) electrons. The zero-order valence-corrected chi connectivity index (χ0v) is 13.2. The van der Waals surface area contributed by atoms with Crippen LogP contribution in [0.2, 0.25) is 0 Å². The van der Waals surface area contributed by atoms with Gasteiger partial charge in [-0.3, -0.25) is 9.59 Å². The Balaban J connectivity index is 2.04. The molecular formula is C18H18F2N2O2. The van der Waals surface area contributed by atoms with Gasteiger partial charge >= 0.3 is 0 Å². The quantitative estimate of drug-likeness (QED) is 0.826. The molecule has 0 aliphatic heterocycles. The zero-order chi connectivity index (χ0) is 17.7. The Morgan fingerprint density at radius 3 is 2.46 bits per heavy atom. The van der Waals surface area contributed by atoms with Crippen molar-refractivity contribution in [2.24, 2.45) is 5.73 Å². The van der Waals surface area contributed by atoms with E-state index in [1.807, 2.05) is 0 Å². The molecule has 1 atom stereocenters. The number of amides is 1. The number of aldehydes is 1. The zero-order valence-electron chi connectivity index (χ0n) is 13.2. The van der Waals surface area contributed by atoms with Gasteiger partial charge in [0.05, 0.1) is 5.56 Å². The molecule has 2 aromatic carbocycles. The summed E-state index contributed by atoms with van der Waals surface area (Å²) in [6.07, 6.45) is 0.845. The molecule has 0 fully saturated rings. The minimum Gasteiger partial charge on any atom is -0.340 e. The third-order valence-corrected chi connectivity index (χ3v) is 3.59. The Bertz CT molecular complexity index is 729. The van der Waals surface area contributed by atoms with E-state index in [0.717, 1.165) is 6.07 Å². The second-order valence-corrected chi connectivity index (χ2v) is 5.63. The number of hydrogen-bond donors (Lipinski definition) is 1. The maximum absolute atomic E-state index is 13.2. The summed E-state index contributed by atoms with van der Waals surface area (Å²) >= 11 is 0. The molecule has 0 aliphatic carbocycles. The third-order valence-electron chi connectivity index (χ3n) is 3.59. The van der Waals surface area contributed by atoms with Gasteiger partial charge in [-0.2, -0.15) is 0 Å². The van der Waals surface area contributed by atoms with Crippen LogP contribution in [0.1, 0.15) is 26.3 Å². The number of nitrogens with zero attached hydrogens (tertiary/aromatic N) is 1. The predicted octanol–water partition coefficient (Wildman–Crippen LogP) is 2.42. The van der Waals surface area contributed by atoms with Crippen molar-refractivity contribution in [2.75, 3.05) is 13.6 Å². The minimum absolute atomic E-state index is 0.185. The lowest BCUT2D eigenvalue weighted by Gasteiger charge is -2.22. The lowest BCUT2D eigenvalue weighted by atomic mass is 10.0. The molecule has 0 heterocycles. The molecule has 0 aromatic heterocycles. The Labute approximate surface area is 138 Å². The fraction of sp³-hybridized carbons (Fsp3) is 0.222. The monoisotopic (exact) mass is 332 g/mol. The second kappa shape index (κ2) is 7.79. The van der Waals surface area contributed by atoms with Crippen LogP contribution in [0.25, 0.3) is 0 Å². The highest BCUT2D eigenvalue weighted by molar-refractivity contribution is 6.01. The predicted molar refractivity (Wildman–Crippen MR) is 86.8 cm³/mol. The van der Waals surface area contributed by atoms with Crippen LogP contribution in [0.5, 0.6) is 0 Å². The van der Waals surface area contributed by atoms with Gasteiger partial charge in [-0.25, -0.2) is 8.78 Å². The van der Waals surface area contributed by atoms with Gasteiger partial charge in [0.2, 0.25) is 0 Å². The van der Waals surface area contributed by atoms with Crippen molar-refractivity contribution in [3.05, 3.63) is 70.8 Å². The van der Waals surface area contributed by atoms with Crippen LogP contribution in [0.3, 0.4) is 0 Å². The van der Waals surface area contributed by atoms with Crippen molar-refractivity contribution < 1.29 is 18.4 Å². The smallest absolute Gasteiger partial charge is 0.254 e. The van der Waals surface area contributed by atoms with Crippen LogP contribution in [0, 0.1) is 11.6 Å². The van der Waals surface area contributed by atoms with Gasteiger partial charge in [0, 0.05) is 31.3 Å². The molecule has 2 N–H and O–H groups in total. The van der Waals surface area contributed by atoms with Crippen LogP contribution in [-0.4, -0.2) is 36.7 Å². The molecule has 0 spiro atoms. The van der Waals surface area contributed by atoms with E-state index >= 15 is 0 Å². The summed E-state index contributed by atoms with van der Waals surface area (Å²) in [5, 5.41) is 0. The summed E-state index contributed by atoms with van der Waals surface area (Å²) in [6, 6.07) is 9.19. The van der Waals surface area contributed by atoms with Crippen molar-refractivity contribution in [1.82, 2.24) is 4.90 Å². The Morgan fingerprint density at radius 2 is 1.83 bits per heavy atom. The van der Waals surface area contributed by atoms with Gasteiger partial charge in [-0.1, -0.05) is 18.2 Å². The molecular weight excluding hydrogens is 314 g/mol. The molecule has 0 aliphatic rings. The number of likely N-dealkylation sites (N-methyl/N-ethyl adjacent to an activating group) is 1. The molecule has 126 valence electrons. The molecule has 0 saturated heterocycles. The van der Waals surface area contributed by atoms with Crippen LogP contribution in [0.15, 0.2) is 42.5 Å². The number of halogens is 2. The number of carbonyl (C=O) groups excluding carboxylic acids is 2. The number of rotatable bonds is 6. The third kappa shape index (κ3) is 4.45. The van der Waals surface area contributed by atoms with Gasteiger partial charge in [0.25, 0.3) is 5.91 Å². The van der Waals surface area contributed by atoms with E-state index in [-0.39, 0.29) is 18.9 Å². The largest absolute Gasteiger partial charge is 0.340 e. The number of hydrogen-bond acceptors (Lipinski definition) is 3. The molecule has 2 rings (SSSR count). The molecule has 24 heavy (non-hydrogen) atoms. The summed E-state index contributed by atoms with van der Waals surface area (Å²) in [5.74, 6) is -1.67. The highest BCUT2D eigenvalue weighted by Gasteiger charge is 2.18.